The SMILES string of the molecule is Cc1[nH]c(C=C2C(=O)Nc3ccc(S(=O)(=O)Cc4ccccc4)cc32)c(C)c1CN1C[C@@H](C)N[C@@H](C)C1. The zero-order valence-corrected chi connectivity index (χ0v) is 22.6. The number of nitrogens with one attached hydrogen (secondary N) is 3. The number of fused-ring (bicyclic) bond motifs is 1. The molecule has 8 heteroatoms. The minimum Gasteiger partial charge on any atom is -0.359 e. The number of amides is 1. The van der Waals surface area contributed by atoms with Crippen molar-refractivity contribution < 1.29 is 13.2 Å². The molecule has 0 bridgehead atoms. The van der Waals surface area contributed by atoms with Gasteiger partial charge in [0.2, 0.25) is 0 Å². The van der Waals surface area contributed by atoms with Crippen LogP contribution in [0.4, 0.5) is 5.69 Å². The van der Waals surface area contributed by atoms with Crippen LogP contribution in [0.3, 0.4) is 0 Å². The molecule has 1 saturated heterocycles. The molecule has 1 aromatic heterocycles. The van der Waals surface area contributed by atoms with Gasteiger partial charge in [-0.05, 0) is 68.7 Å². The number of aromatic nitrogens is 1. The third-order valence-electron chi connectivity index (χ3n) is 7.27. The quantitative estimate of drug-likeness (QED) is 0.424. The summed E-state index contributed by atoms with van der Waals surface area (Å²) >= 11 is 0. The van der Waals surface area contributed by atoms with E-state index in [1.807, 2.05) is 24.3 Å². The van der Waals surface area contributed by atoms with Gasteiger partial charge in [0.25, 0.3) is 5.91 Å². The molecule has 2 aliphatic rings. The van der Waals surface area contributed by atoms with E-state index in [0.717, 1.165) is 42.1 Å². The molecule has 0 aliphatic carbocycles. The Bertz CT molecular complexity index is 1460. The van der Waals surface area contributed by atoms with Crippen LogP contribution in [0.2, 0.25) is 0 Å². The van der Waals surface area contributed by atoms with Gasteiger partial charge in [-0.1, -0.05) is 30.3 Å². The van der Waals surface area contributed by atoms with Gasteiger partial charge in [-0.15, -0.1) is 0 Å². The zero-order chi connectivity index (χ0) is 26.3. The van der Waals surface area contributed by atoms with Crippen molar-refractivity contribution >= 4 is 33.1 Å². The van der Waals surface area contributed by atoms with Gasteiger partial charge in [-0.25, -0.2) is 8.42 Å². The van der Waals surface area contributed by atoms with Gasteiger partial charge < -0.3 is 15.6 Å². The Balaban J connectivity index is 1.45. The molecule has 1 amide bonds. The van der Waals surface area contributed by atoms with E-state index >= 15 is 0 Å². The van der Waals surface area contributed by atoms with Crippen molar-refractivity contribution in [3.63, 3.8) is 0 Å². The van der Waals surface area contributed by atoms with Crippen LogP contribution in [-0.2, 0) is 26.9 Å². The van der Waals surface area contributed by atoms with E-state index in [9.17, 15) is 13.2 Å². The average Bonchev–Trinajstić information content (AvgIpc) is 3.28. The van der Waals surface area contributed by atoms with Gasteiger partial charge in [0.1, 0.15) is 0 Å². The summed E-state index contributed by atoms with van der Waals surface area (Å²) < 4.78 is 26.3. The molecule has 3 N–H and O–H groups in total. The maximum atomic E-state index is 13.1. The maximum Gasteiger partial charge on any atom is 0.256 e. The largest absolute Gasteiger partial charge is 0.359 e. The number of rotatable bonds is 6. The number of carbonyl (C=O) groups is 1. The van der Waals surface area contributed by atoms with E-state index in [-0.39, 0.29) is 16.6 Å². The van der Waals surface area contributed by atoms with Gasteiger partial charge in [-0.2, -0.15) is 0 Å². The van der Waals surface area contributed by atoms with Crippen molar-refractivity contribution in [2.45, 2.75) is 57.0 Å². The second-order valence-corrected chi connectivity index (χ2v) is 12.4. The number of anilines is 1. The molecular formula is C29H34N4O3S. The number of H-pyrrole nitrogens is 1. The van der Waals surface area contributed by atoms with E-state index in [1.54, 1.807) is 30.3 Å². The smallest absolute Gasteiger partial charge is 0.256 e. The van der Waals surface area contributed by atoms with Crippen molar-refractivity contribution in [3.05, 3.63) is 82.2 Å². The number of aromatic amines is 1. The monoisotopic (exact) mass is 518 g/mol. The van der Waals surface area contributed by atoms with Gasteiger partial charge in [0, 0.05) is 54.4 Å². The molecule has 0 saturated carbocycles. The summed E-state index contributed by atoms with van der Waals surface area (Å²) in [6.45, 7) is 11.4. The van der Waals surface area contributed by atoms with E-state index in [2.05, 4.69) is 48.2 Å². The van der Waals surface area contributed by atoms with Gasteiger partial charge >= 0.3 is 0 Å². The highest BCUT2D eigenvalue weighted by Crippen LogP contribution is 2.36. The fourth-order valence-electron chi connectivity index (χ4n) is 5.51. The molecule has 3 heterocycles. The van der Waals surface area contributed by atoms with Crippen molar-refractivity contribution in [1.29, 1.82) is 0 Å². The van der Waals surface area contributed by atoms with Crippen molar-refractivity contribution in [2.24, 2.45) is 0 Å². The summed E-state index contributed by atoms with van der Waals surface area (Å²) in [5, 5.41) is 6.46. The highest BCUT2D eigenvalue weighted by Gasteiger charge is 2.28. The minimum atomic E-state index is -3.57. The van der Waals surface area contributed by atoms with Crippen LogP contribution in [0, 0.1) is 13.8 Å². The number of aryl methyl sites for hydroxylation is 1. The fourth-order valence-corrected chi connectivity index (χ4v) is 6.89. The summed E-state index contributed by atoms with van der Waals surface area (Å²) in [6, 6.07) is 14.9. The van der Waals surface area contributed by atoms with Crippen LogP contribution in [-0.4, -0.2) is 49.4 Å². The molecule has 0 unspecified atom stereocenters. The standard InChI is InChI=1S/C29H34N4O3S/c1-18-14-33(15-19(2)30-18)16-26-20(3)28(31-21(26)4)13-25-24-12-23(10-11-27(24)32-29(25)34)37(35,36)17-22-8-6-5-7-9-22/h5-13,18-19,30-31H,14-17H2,1-4H3,(H,32,34)/t18-,19+. The van der Waals surface area contributed by atoms with Crippen molar-refractivity contribution in [1.82, 2.24) is 15.2 Å². The molecule has 194 valence electrons. The molecule has 2 aromatic carbocycles. The highest BCUT2D eigenvalue weighted by molar-refractivity contribution is 7.90. The number of hydrogen-bond acceptors (Lipinski definition) is 5. The molecule has 7 nitrogen and oxygen atoms in total. The van der Waals surface area contributed by atoms with Crippen LogP contribution in [0.1, 0.15) is 47.5 Å². The number of sulfone groups is 1. The number of carbonyl (C=O) groups excluding carboxylic acids is 1. The molecule has 0 radical (unpaired) electrons. The van der Waals surface area contributed by atoms with Gasteiger partial charge in [0.15, 0.2) is 9.84 Å². The number of piperazine rings is 1. The second kappa shape index (κ2) is 9.93. The minimum absolute atomic E-state index is 0.0887. The van der Waals surface area contributed by atoms with Crippen LogP contribution >= 0.6 is 0 Å². The van der Waals surface area contributed by atoms with Crippen molar-refractivity contribution in [2.75, 3.05) is 18.4 Å². The third kappa shape index (κ3) is 5.28. The first-order valence-corrected chi connectivity index (χ1v) is 14.4. The maximum absolute atomic E-state index is 13.1. The van der Waals surface area contributed by atoms with E-state index in [1.165, 1.54) is 5.56 Å². The van der Waals surface area contributed by atoms with E-state index in [0.29, 0.717) is 28.9 Å². The average molecular weight is 519 g/mol. The Morgan fingerprint density at radius 3 is 2.43 bits per heavy atom. The number of benzene rings is 2. The van der Waals surface area contributed by atoms with Crippen LogP contribution in [0.5, 0.6) is 0 Å². The molecule has 5 rings (SSSR count). The molecular weight excluding hydrogens is 484 g/mol. The molecule has 37 heavy (non-hydrogen) atoms. The lowest BCUT2D eigenvalue weighted by atomic mass is 10.0. The summed E-state index contributed by atoms with van der Waals surface area (Å²) in [7, 11) is -3.57. The number of nitrogens with zero attached hydrogens (tertiary/aromatic N) is 1. The molecule has 2 aliphatic heterocycles. The van der Waals surface area contributed by atoms with E-state index < -0.39 is 9.84 Å². The summed E-state index contributed by atoms with van der Waals surface area (Å²) in [4.78, 5) is 19.1. The number of hydrogen-bond donors (Lipinski definition) is 3. The molecule has 3 aromatic rings. The third-order valence-corrected chi connectivity index (χ3v) is 8.95. The Labute approximate surface area is 218 Å². The Morgan fingerprint density at radius 1 is 1.03 bits per heavy atom. The Kier molecular flexibility index (Phi) is 6.83. The Hall–Kier alpha value is -3.20. The van der Waals surface area contributed by atoms with Crippen LogP contribution < -0.4 is 10.6 Å². The lowest BCUT2D eigenvalue weighted by Crippen LogP contribution is -2.53. The molecule has 0 spiro atoms. The topological polar surface area (TPSA) is 94.3 Å². The zero-order valence-electron chi connectivity index (χ0n) is 21.8. The van der Waals surface area contributed by atoms with E-state index in [4.69, 9.17) is 0 Å². The van der Waals surface area contributed by atoms with Crippen molar-refractivity contribution in [3.8, 4) is 0 Å². The first-order valence-electron chi connectivity index (χ1n) is 12.7. The molecule has 1 fully saturated rings. The van der Waals surface area contributed by atoms with Gasteiger partial charge in [-0.3, -0.25) is 9.69 Å². The first-order chi connectivity index (χ1) is 17.6. The predicted molar refractivity (Wildman–Crippen MR) is 148 cm³/mol. The highest BCUT2D eigenvalue weighted by atomic mass is 32.2. The fraction of sp³-hybridized carbons (Fsp3) is 0.345. The summed E-state index contributed by atoms with van der Waals surface area (Å²) in [6.07, 6.45) is 1.85. The van der Waals surface area contributed by atoms with Crippen LogP contribution in [0.15, 0.2) is 53.4 Å². The first kappa shape index (κ1) is 25.4. The van der Waals surface area contributed by atoms with Gasteiger partial charge in [0.05, 0.1) is 16.2 Å². The lowest BCUT2D eigenvalue weighted by Gasteiger charge is -2.36. The summed E-state index contributed by atoms with van der Waals surface area (Å²) in [5.41, 5.74) is 6.74. The van der Waals surface area contributed by atoms with Crippen LogP contribution in [0.25, 0.3) is 11.6 Å². The second-order valence-electron chi connectivity index (χ2n) is 10.4. The predicted octanol–water partition coefficient (Wildman–Crippen LogP) is 4.28. The Morgan fingerprint density at radius 2 is 1.73 bits per heavy atom. The molecule has 2 atom stereocenters. The normalized spacial score (nSPS) is 21.3. The lowest BCUT2D eigenvalue weighted by molar-refractivity contribution is -0.110. The summed E-state index contributed by atoms with van der Waals surface area (Å²) in [5.74, 6) is -0.320.